The fourth-order valence-electron chi connectivity index (χ4n) is 1.72. The first-order chi connectivity index (χ1) is 9.44. The summed E-state index contributed by atoms with van der Waals surface area (Å²) in [4.78, 5) is 10.3. The molecular weight excluding hydrogens is 280 g/mol. The third kappa shape index (κ3) is 2.84. The summed E-state index contributed by atoms with van der Waals surface area (Å²) >= 11 is 0. The Morgan fingerprint density at radius 1 is 0.950 bits per heavy atom. The number of nitro benzene ring substituents is 1. The van der Waals surface area contributed by atoms with E-state index in [1.807, 2.05) is 0 Å². The fraction of sp³-hybridized carbons (Fsp3) is 0.0769. The molecule has 20 heavy (non-hydrogen) atoms. The maximum absolute atomic E-state index is 11.6. The zero-order valence-electron chi connectivity index (χ0n) is 10.6. The van der Waals surface area contributed by atoms with Gasteiger partial charge in [0.2, 0.25) is 10.0 Å². The monoisotopic (exact) mass is 292 g/mol. The molecule has 0 amide bonds. The summed E-state index contributed by atoms with van der Waals surface area (Å²) in [6.45, 7) is 0. The Morgan fingerprint density at radius 2 is 1.40 bits per heavy atom. The smallest absolute Gasteiger partial charge is 0.258 e. The van der Waals surface area contributed by atoms with Crippen LogP contribution in [0.4, 0.5) is 5.69 Å². The molecule has 104 valence electrons. The molecule has 0 aliphatic heterocycles. The van der Waals surface area contributed by atoms with Gasteiger partial charge in [0.1, 0.15) is 0 Å². The SMILES string of the molecule is CNS(=O)(=O)c1ccc(-c2ccc([N+](=O)[O-])cc2)cc1. The largest absolute Gasteiger partial charge is 0.269 e. The molecule has 2 rings (SSSR count). The van der Waals surface area contributed by atoms with Crippen LogP contribution < -0.4 is 4.72 Å². The van der Waals surface area contributed by atoms with Crippen LogP contribution in [0, 0.1) is 10.1 Å². The van der Waals surface area contributed by atoms with Crippen LogP contribution in [0.2, 0.25) is 0 Å². The number of benzene rings is 2. The maximum atomic E-state index is 11.6. The van der Waals surface area contributed by atoms with E-state index >= 15 is 0 Å². The van der Waals surface area contributed by atoms with Crippen molar-refractivity contribution < 1.29 is 13.3 Å². The number of non-ortho nitro benzene ring substituents is 1. The Labute approximate surface area is 116 Å². The van der Waals surface area contributed by atoms with Crippen molar-refractivity contribution in [3.05, 3.63) is 58.6 Å². The van der Waals surface area contributed by atoms with Gasteiger partial charge in [0.05, 0.1) is 9.82 Å². The summed E-state index contributed by atoms with van der Waals surface area (Å²) in [5.74, 6) is 0. The number of rotatable bonds is 4. The van der Waals surface area contributed by atoms with E-state index < -0.39 is 14.9 Å². The third-order valence-corrected chi connectivity index (χ3v) is 4.28. The second kappa shape index (κ2) is 5.40. The van der Waals surface area contributed by atoms with Gasteiger partial charge in [0, 0.05) is 12.1 Å². The molecule has 7 heteroatoms. The minimum Gasteiger partial charge on any atom is -0.258 e. The van der Waals surface area contributed by atoms with E-state index in [-0.39, 0.29) is 10.6 Å². The minimum atomic E-state index is -3.45. The van der Waals surface area contributed by atoms with Crippen LogP contribution in [0.5, 0.6) is 0 Å². The normalized spacial score (nSPS) is 11.2. The van der Waals surface area contributed by atoms with Crippen molar-refractivity contribution >= 4 is 15.7 Å². The molecule has 0 spiro atoms. The van der Waals surface area contributed by atoms with Gasteiger partial charge in [-0.3, -0.25) is 10.1 Å². The Morgan fingerprint density at radius 3 is 1.80 bits per heavy atom. The summed E-state index contributed by atoms with van der Waals surface area (Å²) < 4.78 is 25.4. The summed E-state index contributed by atoms with van der Waals surface area (Å²) in [5, 5.41) is 10.6. The highest BCUT2D eigenvalue weighted by molar-refractivity contribution is 7.89. The average Bonchev–Trinajstić information content (AvgIpc) is 2.47. The molecule has 0 saturated heterocycles. The molecule has 0 saturated carbocycles. The van der Waals surface area contributed by atoms with Gasteiger partial charge in [0.25, 0.3) is 5.69 Å². The van der Waals surface area contributed by atoms with Crippen molar-refractivity contribution in [1.29, 1.82) is 0 Å². The summed E-state index contributed by atoms with van der Waals surface area (Å²) in [7, 11) is -2.11. The Kier molecular flexibility index (Phi) is 3.82. The van der Waals surface area contributed by atoms with Crippen LogP contribution in [-0.2, 0) is 10.0 Å². The highest BCUT2D eigenvalue weighted by Crippen LogP contribution is 2.23. The molecule has 0 aromatic heterocycles. The van der Waals surface area contributed by atoms with Crippen LogP contribution in [-0.4, -0.2) is 20.4 Å². The van der Waals surface area contributed by atoms with Crippen molar-refractivity contribution in [2.75, 3.05) is 7.05 Å². The van der Waals surface area contributed by atoms with Crippen LogP contribution in [0.1, 0.15) is 0 Å². The number of hydrogen-bond acceptors (Lipinski definition) is 4. The van der Waals surface area contributed by atoms with Crippen LogP contribution >= 0.6 is 0 Å². The lowest BCUT2D eigenvalue weighted by molar-refractivity contribution is -0.384. The first kappa shape index (κ1) is 14.2. The van der Waals surface area contributed by atoms with E-state index in [0.29, 0.717) is 0 Å². The molecule has 0 fully saturated rings. The highest BCUT2D eigenvalue weighted by Gasteiger charge is 2.11. The van der Waals surface area contributed by atoms with E-state index in [9.17, 15) is 18.5 Å². The number of nitrogens with zero attached hydrogens (tertiary/aromatic N) is 1. The van der Waals surface area contributed by atoms with Crippen LogP contribution in [0.3, 0.4) is 0 Å². The molecule has 0 atom stereocenters. The van der Waals surface area contributed by atoms with Gasteiger partial charge < -0.3 is 0 Å². The quantitative estimate of drug-likeness (QED) is 0.690. The number of hydrogen-bond donors (Lipinski definition) is 1. The van der Waals surface area contributed by atoms with E-state index in [4.69, 9.17) is 0 Å². The molecule has 2 aromatic carbocycles. The van der Waals surface area contributed by atoms with E-state index in [1.54, 1.807) is 24.3 Å². The molecule has 0 bridgehead atoms. The standard InChI is InChI=1S/C13H12N2O4S/c1-14-20(18,19)13-8-4-11(5-9-13)10-2-6-12(7-3-10)15(16)17/h2-9,14H,1H3. The van der Waals surface area contributed by atoms with Gasteiger partial charge in [0.15, 0.2) is 0 Å². The average molecular weight is 292 g/mol. The van der Waals surface area contributed by atoms with Gasteiger partial charge in [-0.1, -0.05) is 12.1 Å². The van der Waals surface area contributed by atoms with Crippen molar-refractivity contribution in [2.45, 2.75) is 4.90 Å². The van der Waals surface area contributed by atoms with Gasteiger partial charge in [-0.2, -0.15) is 0 Å². The second-order valence-corrected chi connectivity index (χ2v) is 5.92. The summed E-state index contributed by atoms with van der Waals surface area (Å²) in [6, 6.07) is 12.4. The number of nitro groups is 1. The molecule has 0 radical (unpaired) electrons. The first-order valence-corrected chi connectivity index (χ1v) is 7.21. The van der Waals surface area contributed by atoms with Crippen molar-refractivity contribution in [1.82, 2.24) is 4.72 Å². The minimum absolute atomic E-state index is 0.0168. The Bertz CT molecular complexity index is 722. The van der Waals surface area contributed by atoms with E-state index in [0.717, 1.165) is 11.1 Å². The van der Waals surface area contributed by atoms with Crippen molar-refractivity contribution in [3.63, 3.8) is 0 Å². The summed E-state index contributed by atoms with van der Waals surface area (Å²) in [5.41, 5.74) is 1.59. The molecule has 0 aliphatic rings. The predicted molar refractivity (Wildman–Crippen MR) is 74.8 cm³/mol. The Balaban J connectivity index is 2.33. The predicted octanol–water partition coefficient (Wildman–Crippen LogP) is 2.17. The van der Waals surface area contributed by atoms with Crippen LogP contribution in [0.25, 0.3) is 11.1 Å². The van der Waals surface area contributed by atoms with Gasteiger partial charge in [-0.25, -0.2) is 13.1 Å². The van der Waals surface area contributed by atoms with Crippen LogP contribution in [0.15, 0.2) is 53.4 Å². The van der Waals surface area contributed by atoms with Crippen molar-refractivity contribution in [3.8, 4) is 11.1 Å². The molecular formula is C13H12N2O4S. The van der Waals surface area contributed by atoms with Gasteiger partial charge >= 0.3 is 0 Å². The first-order valence-electron chi connectivity index (χ1n) is 5.72. The zero-order valence-corrected chi connectivity index (χ0v) is 11.4. The molecule has 0 aliphatic carbocycles. The van der Waals surface area contributed by atoms with E-state index in [2.05, 4.69) is 4.72 Å². The van der Waals surface area contributed by atoms with Gasteiger partial charge in [-0.15, -0.1) is 0 Å². The van der Waals surface area contributed by atoms with Gasteiger partial charge in [-0.05, 0) is 42.4 Å². The number of sulfonamides is 1. The highest BCUT2D eigenvalue weighted by atomic mass is 32.2. The lowest BCUT2D eigenvalue weighted by Crippen LogP contribution is -2.18. The molecule has 2 aromatic rings. The third-order valence-electron chi connectivity index (χ3n) is 2.84. The molecule has 1 N–H and O–H groups in total. The molecule has 0 unspecified atom stereocenters. The number of nitrogens with one attached hydrogen (secondary N) is 1. The second-order valence-electron chi connectivity index (χ2n) is 4.04. The van der Waals surface area contributed by atoms with E-state index in [1.165, 1.54) is 31.3 Å². The molecule has 0 heterocycles. The topological polar surface area (TPSA) is 89.3 Å². The molecule has 6 nitrogen and oxygen atoms in total. The maximum Gasteiger partial charge on any atom is 0.269 e. The lowest BCUT2D eigenvalue weighted by Gasteiger charge is -2.05. The Hall–Kier alpha value is -2.25. The summed E-state index contributed by atoms with van der Waals surface area (Å²) in [6.07, 6.45) is 0. The zero-order chi connectivity index (χ0) is 14.8. The fourth-order valence-corrected chi connectivity index (χ4v) is 2.45. The van der Waals surface area contributed by atoms with Crippen molar-refractivity contribution in [2.24, 2.45) is 0 Å². The lowest BCUT2D eigenvalue weighted by atomic mass is 10.1.